The van der Waals surface area contributed by atoms with Gasteiger partial charge in [0.2, 0.25) is 0 Å². The maximum atomic E-state index is 11.5. The van der Waals surface area contributed by atoms with Gasteiger partial charge in [-0.25, -0.2) is 9.78 Å². The number of halogens is 1. The van der Waals surface area contributed by atoms with Gasteiger partial charge in [-0.1, -0.05) is 48.0 Å². The van der Waals surface area contributed by atoms with E-state index in [1.807, 2.05) is 30.3 Å². The minimum atomic E-state index is -0.467. The van der Waals surface area contributed by atoms with Crippen molar-refractivity contribution in [3.63, 3.8) is 0 Å². The van der Waals surface area contributed by atoms with Crippen LogP contribution < -0.4 is 5.32 Å². The Balaban J connectivity index is 1.67. The number of alkyl carbamates (subject to hydrolysis) is 1. The van der Waals surface area contributed by atoms with Crippen LogP contribution in [-0.2, 0) is 11.3 Å². The first-order chi connectivity index (χ1) is 11.1. The summed E-state index contributed by atoms with van der Waals surface area (Å²) in [5, 5.41) is 12.5. The quantitative estimate of drug-likeness (QED) is 0.624. The maximum absolute atomic E-state index is 11.5. The third kappa shape index (κ3) is 6.00. The van der Waals surface area contributed by atoms with Crippen LogP contribution in [0.1, 0.15) is 17.7 Å². The van der Waals surface area contributed by atoms with Crippen LogP contribution in [0.3, 0.4) is 0 Å². The predicted octanol–water partition coefficient (Wildman–Crippen LogP) is 3.77. The molecule has 0 saturated carbocycles. The Kier molecular flexibility index (Phi) is 6.44. The number of aromatic hydroxyl groups is 1. The van der Waals surface area contributed by atoms with E-state index >= 15 is 0 Å². The van der Waals surface area contributed by atoms with E-state index in [1.54, 1.807) is 12.2 Å². The molecule has 0 radical (unpaired) electrons. The van der Waals surface area contributed by atoms with E-state index in [1.165, 1.54) is 12.1 Å². The van der Waals surface area contributed by atoms with Crippen LogP contribution in [0.15, 0.2) is 48.5 Å². The minimum Gasteiger partial charge on any atom is -0.506 e. The number of benzene rings is 1. The lowest BCUT2D eigenvalue weighted by molar-refractivity contribution is 0.140. The predicted molar refractivity (Wildman–Crippen MR) is 89.2 cm³/mol. The number of hydrogen-bond acceptors (Lipinski definition) is 4. The number of carbonyl (C=O) groups is 1. The number of aromatic nitrogens is 1. The number of carbonyl (C=O) groups excluding carboxylic acids is 1. The van der Waals surface area contributed by atoms with Gasteiger partial charge >= 0.3 is 6.09 Å². The Labute approximate surface area is 139 Å². The number of nitrogens with zero attached hydrogens (tertiary/aromatic N) is 1. The number of ether oxygens (including phenoxy) is 1. The van der Waals surface area contributed by atoms with Crippen molar-refractivity contribution in [1.29, 1.82) is 0 Å². The van der Waals surface area contributed by atoms with Gasteiger partial charge in [-0.05, 0) is 30.2 Å². The van der Waals surface area contributed by atoms with Crippen LogP contribution >= 0.6 is 11.6 Å². The molecule has 0 unspecified atom stereocenters. The monoisotopic (exact) mass is 332 g/mol. The third-order valence-corrected chi connectivity index (χ3v) is 3.15. The van der Waals surface area contributed by atoms with Gasteiger partial charge in [0.1, 0.15) is 23.2 Å². The summed E-state index contributed by atoms with van der Waals surface area (Å²) in [6, 6.07) is 12.5. The Bertz CT molecular complexity index is 675. The minimum absolute atomic E-state index is 0.0564. The van der Waals surface area contributed by atoms with E-state index in [0.717, 1.165) is 5.56 Å². The largest absolute Gasteiger partial charge is 0.506 e. The van der Waals surface area contributed by atoms with Crippen LogP contribution in [0.25, 0.3) is 6.08 Å². The molecule has 6 heteroatoms. The average molecular weight is 333 g/mol. The molecule has 5 nitrogen and oxygen atoms in total. The second-order valence-corrected chi connectivity index (χ2v) is 5.11. The fourth-order valence-electron chi connectivity index (χ4n) is 1.79. The van der Waals surface area contributed by atoms with Crippen molar-refractivity contribution in [1.82, 2.24) is 10.3 Å². The molecule has 1 aromatic carbocycles. The van der Waals surface area contributed by atoms with Crippen LogP contribution in [0.4, 0.5) is 4.79 Å². The molecule has 0 aliphatic rings. The third-order valence-electron chi connectivity index (χ3n) is 2.94. The number of rotatable bonds is 6. The number of amides is 1. The van der Waals surface area contributed by atoms with E-state index in [4.69, 9.17) is 16.3 Å². The molecule has 0 atom stereocenters. The van der Waals surface area contributed by atoms with Crippen LogP contribution in [0, 0.1) is 0 Å². The lowest BCUT2D eigenvalue weighted by Crippen LogP contribution is -2.24. The van der Waals surface area contributed by atoms with Crippen LogP contribution in [0.2, 0.25) is 5.15 Å². The first kappa shape index (κ1) is 16.8. The van der Waals surface area contributed by atoms with Crippen molar-refractivity contribution in [2.24, 2.45) is 0 Å². The van der Waals surface area contributed by atoms with Gasteiger partial charge < -0.3 is 15.2 Å². The Hall–Kier alpha value is -2.53. The number of nitrogens with one attached hydrogen (secondary N) is 1. The smallest absolute Gasteiger partial charge is 0.407 e. The average Bonchev–Trinajstić information content (AvgIpc) is 2.56. The van der Waals surface area contributed by atoms with E-state index in [-0.39, 0.29) is 12.4 Å². The maximum Gasteiger partial charge on any atom is 0.407 e. The Morgan fingerprint density at radius 3 is 2.83 bits per heavy atom. The summed E-state index contributed by atoms with van der Waals surface area (Å²) in [5.41, 5.74) is 1.33. The van der Waals surface area contributed by atoms with Crippen LogP contribution in [0.5, 0.6) is 5.75 Å². The molecule has 2 aromatic rings. The van der Waals surface area contributed by atoms with Crippen molar-refractivity contribution >= 4 is 23.8 Å². The van der Waals surface area contributed by atoms with Crippen molar-refractivity contribution in [2.45, 2.75) is 13.0 Å². The molecular formula is C17H17ClN2O3. The molecule has 1 amide bonds. The Morgan fingerprint density at radius 1 is 1.26 bits per heavy atom. The molecular weight excluding hydrogens is 316 g/mol. The lowest BCUT2D eigenvalue weighted by atomic mass is 10.2. The van der Waals surface area contributed by atoms with Crippen molar-refractivity contribution < 1.29 is 14.6 Å². The highest BCUT2D eigenvalue weighted by Crippen LogP contribution is 2.18. The molecule has 2 rings (SSSR count). The normalized spacial score (nSPS) is 10.7. The molecule has 120 valence electrons. The fourth-order valence-corrected chi connectivity index (χ4v) is 1.95. The summed E-state index contributed by atoms with van der Waals surface area (Å²) in [6.45, 7) is 0.661. The summed E-state index contributed by atoms with van der Waals surface area (Å²) in [5.74, 6) is 0.0564. The van der Waals surface area contributed by atoms with E-state index in [0.29, 0.717) is 23.8 Å². The zero-order valence-corrected chi connectivity index (χ0v) is 13.2. The van der Waals surface area contributed by atoms with Crippen molar-refractivity contribution in [3.8, 4) is 5.75 Å². The molecule has 2 N–H and O–H groups in total. The number of hydrogen-bond donors (Lipinski definition) is 2. The van der Waals surface area contributed by atoms with Gasteiger partial charge in [0.15, 0.2) is 0 Å². The zero-order chi connectivity index (χ0) is 16.5. The molecule has 0 fully saturated rings. The molecule has 0 aliphatic carbocycles. The van der Waals surface area contributed by atoms with E-state index in [9.17, 15) is 9.90 Å². The summed E-state index contributed by atoms with van der Waals surface area (Å²) >= 11 is 5.75. The van der Waals surface area contributed by atoms with Crippen molar-refractivity contribution in [2.75, 3.05) is 6.54 Å². The standard InChI is InChI=1S/C17H17ClN2O3/c18-16-10-9-15(21)14(20-16)8-4-5-11-19-17(22)23-12-13-6-2-1-3-7-13/h1-4,6-10,21H,5,11-12H2,(H,19,22). The van der Waals surface area contributed by atoms with Gasteiger partial charge in [0, 0.05) is 6.54 Å². The van der Waals surface area contributed by atoms with E-state index in [2.05, 4.69) is 10.3 Å². The number of pyridine rings is 1. The lowest BCUT2D eigenvalue weighted by Gasteiger charge is -2.05. The highest BCUT2D eigenvalue weighted by Gasteiger charge is 2.02. The Morgan fingerprint density at radius 2 is 2.04 bits per heavy atom. The van der Waals surface area contributed by atoms with E-state index < -0.39 is 6.09 Å². The molecule has 0 spiro atoms. The summed E-state index contributed by atoms with van der Waals surface area (Å²) < 4.78 is 5.08. The summed E-state index contributed by atoms with van der Waals surface area (Å²) in [6.07, 6.45) is 3.55. The highest BCUT2D eigenvalue weighted by atomic mass is 35.5. The highest BCUT2D eigenvalue weighted by molar-refractivity contribution is 6.29. The molecule has 23 heavy (non-hydrogen) atoms. The van der Waals surface area contributed by atoms with Crippen molar-refractivity contribution in [3.05, 3.63) is 65.0 Å². The first-order valence-electron chi connectivity index (χ1n) is 7.12. The first-order valence-corrected chi connectivity index (χ1v) is 7.49. The molecule has 0 saturated heterocycles. The second-order valence-electron chi connectivity index (χ2n) is 4.72. The van der Waals surface area contributed by atoms with Gasteiger partial charge in [-0.2, -0.15) is 0 Å². The van der Waals surface area contributed by atoms with Crippen LogP contribution in [-0.4, -0.2) is 22.7 Å². The van der Waals surface area contributed by atoms with Gasteiger partial charge in [0.05, 0.1) is 0 Å². The summed E-state index contributed by atoms with van der Waals surface area (Å²) in [4.78, 5) is 15.5. The summed E-state index contributed by atoms with van der Waals surface area (Å²) in [7, 11) is 0. The van der Waals surface area contributed by atoms with Gasteiger partial charge in [0.25, 0.3) is 0 Å². The topological polar surface area (TPSA) is 71.5 Å². The van der Waals surface area contributed by atoms with Gasteiger partial charge in [-0.3, -0.25) is 0 Å². The molecule has 1 heterocycles. The second kappa shape index (κ2) is 8.80. The van der Waals surface area contributed by atoms with Gasteiger partial charge in [-0.15, -0.1) is 0 Å². The zero-order valence-electron chi connectivity index (χ0n) is 12.4. The molecule has 1 aromatic heterocycles. The molecule has 0 bridgehead atoms. The fraction of sp³-hybridized carbons (Fsp3) is 0.176. The molecule has 0 aliphatic heterocycles. The SMILES string of the molecule is O=C(NCCC=Cc1nc(Cl)ccc1O)OCc1ccccc1.